The smallest absolute Gasteiger partial charge is 0.387 e. The first-order valence-electron chi connectivity index (χ1n) is 6.28. The second kappa shape index (κ2) is 5.63. The number of nitrogens with zero attached hydrogens (tertiary/aromatic N) is 1. The van der Waals surface area contributed by atoms with E-state index in [0.29, 0.717) is 12.2 Å². The molecule has 1 fully saturated rings. The minimum Gasteiger partial charge on any atom is -0.387 e. The summed E-state index contributed by atoms with van der Waals surface area (Å²) < 4.78 is 38.3. The summed E-state index contributed by atoms with van der Waals surface area (Å²) in [5, 5.41) is 5.24. The predicted octanol–water partition coefficient (Wildman–Crippen LogP) is 1.32. The highest BCUT2D eigenvalue weighted by atomic mass is 19.4. The van der Waals surface area contributed by atoms with E-state index in [9.17, 15) is 22.8 Å². The molecule has 0 aromatic heterocycles. The van der Waals surface area contributed by atoms with Gasteiger partial charge in [0.1, 0.15) is 0 Å². The minimum atomic E-state index is -4.53. The Morgan fingerprint density at radius 2 is 2.10 bits per heavy atom. The average molecular weight is 301 g/mol. The van der Waals surface area contributed by atoms with E-state index in [0.717, 1.165) is 12.1 Å². The molecule has 0 radical (unpaired) electrons. The lowest BCUT2D eigenvalue weighted by molar-refractivity contribution is -0.137. The number of halogens is 3. The van der Waals surface area contributed by atoms with Gasteiger partial charge in [-0.15, -0.1) is 0 Å². The summed E-state index contributed by atoms with van der Waals surface area (Å²) in [6.45, 7) is 0.403. The number of piperazine rings is 1. The van der Waals surface area contributed by atoms with Crippen LogP contribution in [0.4, 0.5) is 18.9 Å². The Hall–Kier alpha value is -2.25. The van der Waals surface area contributed by atoms with Crippen LogP contribution in [0.5, 0.6) is 0 Å². The first kappa shape index (κ1) is 15.1. The largest absolute Gasteiger partial charge is 0.416 e. The molecule has 1 aliphatic heterocycles. The van der Waals surface area contributed by atoms with Crippen molar-refractivity contribution >= 4 is 17.5 Å². The number of rotatable bonds is 2. The van der Waals surface area contributed by atoms with Crippen molar-refractivity contribution in [3.05, 3.63) is 29.3 Å². The highest BCUT2D eigenvalue weighted by molar-refractivity contribution is 6.01. The fourth-order valence-corrected chi connectivity index (χ4v) is 2.10. The van der Waals surface area contributed by atoms with E-state index in [1.54, 1.807) is 0 Å². The molecule has 1 saturated heterocycles. The Morgan fingerprint density at radius 3 is 2.67 bits per heavy atom. The van der Waals surface area contributed by atoms with Gasteiger partial charge in [-0.1, -0.05) is 0 Å². The van der Waals surface area contributed by atoms with Gasteiger partial charge < -0.3 is 15.5 Å². The Balaban J connectivity index is 2.36. The van der Waals surface area contributed by atoms with Gasteiger partial charge in [-0.3, -0.25) is 9.59 Å². The number of hydrogen-bond acceptors (Lipinski definition) is 3. The van der Waals surface area contributed by atoms with Crippen molar-refractivity contribution in [2.75, 3.05) is 32.0 Å². The third kappa shape index (κ3) is 3.26. The Kier molecular flexibility index (Phi) is 4.06. The van der Waals surface area contributed by atoms with E-state index in [4.69, 9.17) is 0 Å². The molecule has 21 heavy (non-hydrogen) atoms. The van der Waals surface area contributed by atoms with Gasteiger partial charge in [-0.05, 0) is 18.2 Å². The summed E-state index contributed by atoms with van der Waals surface area (Å²) in [6.07, 6.45) is -4.53. The Morgan fingerprint density at radius 1 is 1.38 bits per heavy atom. The molecule has 2 amide bonds. The number of carbonyl (C=O) groups is 2. The van der Waals surface area contributed by atoms with Gasteiger partial charge in [-0.25, -0.2) is 0 Å². The van der Waals surface area contributed by atoms with Crippen molar-refractivity contribution in [1.29, 1.82) is 0 Å². The third-order valence-electron chi connectivity index (χ3n) is 3.17. The van der Waals surface area contributed by atoms with Crippen molar-refractivity contribution in [2.24, 2.45) is 0 Å². The molecular formula is C13H14F3N3O2. The van der Waals surface area contributed by atoms with Crippen LogP contribution >= 0.6 is 0 Å². The molecule has 8 heteroatoms. The van der Waals surface area contributed by atoms with E-state index in [1.807, 2.05) is 0 Å². The van der Waals surface area contributed by atoms with Crippen molar-refractivity contribution in [1.82, 2.24) is 10.2 Å². The SMILES string of the molecule is CNc1ccc(C(F)(F)F)cc1C(=O)N1CCNC(=O)C1. The predicted molar refractivity (Wildman–Crippen MR) is 69.9 cm³/mol. The van der Waals surface area contributed by atoms with Crippen molar-refractivity contribution < 1.29 is 22.8 Å². The summed E-state index contributed by atoms with van der Waals surface area (Å²) in [6, 6.07) is 2.92. The third-order valence-corrected chi connectivity index (χ3v) is 3.17. The van der Waals surface area contributed by atoms with Gasteiger partial charge in [0.25, 0.3) is 5.91 Å². The number of benzene rings is 1. The fourth-order valence-electron chi connectivity index (χ4n) is 2.10. The van der Waals surface area contributed by atoms with E-state index < -0.39 is 17.6 Å². The summed E-state index contributed by atoms with van der Waals surface area (Å²) in [5.74, 6) is -0.923. The molecule has 1 aromatic carbocycles. The maximum absolute atomic E-state index is 12.8. The topological polar surface area (TPSA) is 61.4 Å². The van der Waals surface area contributed by atoms with Crippen LogP contribution in [0.1, 0.15) is 15.9 Å². The van der Waals surface area contributed by atoms with Crippen LogP contribution < -0.4 is 10.6 Å². The normalized spacial score (nSPS) is 15.6. The molecule has 2 N–H and O–H groups in total. The van der Waals surface area contributed by atoms with Gasteiger partial charge in [0.2, 0.25) is 5.91 Å². The lowest BCUT2D eigenvalue weighted by Gasteiger charge is -2.27. The monoisotopic (exact) mass is 301 g/mol. The molecule has 0 bridgehead atoms. The maximum Gasteiger partial charge on any atom is 0.416 e. The van der Waals surface area contributed by atoms with Crippen LogP contribution in [-0.4, -0.2) is 43.4 Å². The molecule has 1 aromatic rings. The Bertz CT molecular complexity index is 572. The number of amides is 2. The van der Waals surface area contributed by atoms with Crippen LogP contribution in [0.25, 0.3) is 0 Å². The van der Waals surface area contributed by atoms with Crippen LogP contribution in [0.3, 0.4) is 0 Å². The van der Waals surface area contributed by atoms with E-state index in [2.05, 4.69) is 10.6 Å². The average Bonchev–Trinajstić information content (AvgIpc) is 2.44. The molecule has 5 nitrogen and oxygen atoms in total. The fraction of sp³-hybridized carbons (Fsp3) is 0.385. The zero-order valence-electron chi connectivity index (χ0n) is 11.3. The first-order chi connectivity index (χ1) is 9.82. The number of alkyl halides is 3. The minimum absolute atomic E-state index is 0.0953. The highest BCUT2D eigenvalue weighted by Gasteiger charge is 2.33. The van der Waals surface area contributed by atoms with Crippen LogP contribution in [0, 0.1) is 0 Å². The van der Waals surface area contributed by atoms with Gasteiger partial charge in [0.05, 0.1) is 17.7 Å². The second-order valence-corrected chi connectivity index (χ2v) is 4.58. The van der Waals surface area contributed by atoms with Crippen molar-refractivity contribution in [3.63, 3.8) is 0 Å². The van der Waals surface area contributed by atoms with Crippen LogP contribution in [0.15, 0.2) is 18.2 Å². The first-order valence-corrected chi connectivity index (χ1v) is 6.28. The molecule has 0 aliphatic carbocycles. The van der Waals surface area contributed by atoms with E-state index >= 15 is 0 Å². The molecule has 1 heterocycles. The molecule has 1 aliphatic rings. The van der Waals surface area contributed by atoms with Gasteiger partial charge in [0.15, 0.2) is 0 Å². The lowest BCUT2D eigenvalue weighted by Crippen LogP contribution is -2.50. The number of nitrogens with one attached hydrogen (secondary N) is 2. The summed E-state index contributed by atoms with van der Waals surface area (Å²) in [7, 11) is 1.52. The van der Waals surface area contributed by atoms with Crippen LogP contribution in [0.2, 0.25) is 0 Å². The molecule has 114 valence electrons. The zero-order chi connectivity index (χ0) is 15.6. The van der Waals surface area contributed by atoms with Crippen molar-refractivity contribution in [3.8, 4) is 0 Å². The summed E-state index contributed by atoms with van der Waals surface area (Å²) >= 11 is 0. The standard InChI is InChI=1S/C13H14F3N3O2/c1-17-10-3-2-8(13(14,15)16)6-9(10)12(21)19-5-4-18-11(20)7-19/h2-3,6,17H,4-5,7H2,1H3,(H,18,20). The number of anilines is 1. The summed E-state index contributed by atoms with van der Waals surface area (Å²) in [4.78, 5) is 24.9. The molecule has 0 spiro atoms. The van der Waals surface area contributed by atoms with Crippen molar-refractivity contribution in [2.45, 2.75) is 6.18 Å². The zero-order valence-corrected chi connectivity index (χ0v) is 11.3. The highest BCUT2D eigenvalue weighted by Crippen LogP contribution is 2.32. The molecule has 0 saturated carbocycles. The maximum atomic E-state index is 12.8. The van der Waals surface area contributed by atoms with E-state index in [-0.39, 0.29) is 24.6 Å². The summed E-state index contributed by atoms with van der Waals surface area (Å²) in [5.41, 5.74) is -0.702. The molecular weight excluding hydrogens is 287 g/mol. The molecule has 0 atom stereocenters. The second-order valence-electron chi connectivity index (χ2n) is 4.58. The van der Waals surface area contributed by atoms with Gasteiger partial charge in [0, 0.05) is 25.8 Å². The quantitative estimate of drug-likeness (QED) is 0.866. The van der Waals surface area contributed by atoms with Gasteiger partial charge >= 0.3 is 6.18 Å². The lowest BCUT2D eigenvalue weighted by atomic mass is 10.1. The molecule has 0 unspecified atom stereocenters. The number of carbonyl (C=O) groups excluding carboxylic acids is 2. The Labute approximate surface area is 119 Å². The van der Waals surface area contributed by atoms with Gasteiger partial charge in [-0.2, -0.15) is 13.2 Å². The van der Waals surface area contributed by atoms with E-state index in [1.165, 1.54) is 18.0 Å². The van der Waals surface area contributed by atoms with Crippen LogP contribution in [-0.2, 0) is 11.0 Å². The molecule has 2 rings (SSSR count). The number of hydrogen-bond donors (Lipinski definition) is 2.